The zero-order valence-corrected chi connectivity index (χ0v) is 14.7. The minimum Gasteiger partial charge on any atom is -0.362 e. The van der Waals surface area contributed by atoms with Gasteiger partial charge < -0.3 is 10.6 Å². The molecule has 0 spiro atoms. The van der Waals surface area contributed by atoms with Gasteiger partial charge in [0.05, 0.1) is 0 Å². The van der Waals surface area contributed by atoms with Gasteiger partial charge in [0.2, 0.25) is 5.91 Å². The van der Waals surface area contributed by atoms with Crippen molar-refractivity contribution in [2.24, 2.45) is 0 Å². The first-order chi connectivity index (χ1) is 10.6. The second-order valence-electron chi connectivity index (χ2n) is 5.31. The molecule has 0 saturated heterocycles. The Bertz CT molecular complexity index is 479. The van der Waals surface area contributed by atoms with Crippen molar-refractivity contribution in [1.29, 1.82) is 0 Å². The Morgan fingerprint density at radius 2 is 1.91 bits per heavy atom. The van der Waals surface area contributed by atoms with Crippen LogP contribution < -0.4 is 10.6 Å². The molecule has 0 saturated carbocycles. The molecule has 0 atom stereocenters. The Labute approximate surface area is 143 Å². The molecule has 3 nitrogen and oxygen atoms in total. The lowest BCUT2D eigenvalue weighted by Gasteiger charge is -2.09. The molecule has 0 radical (unpaired) electrons. The number of thiocarbonyl (C=S) groups is 1. The van der Waals surface area contributed by atoms with Crippen molar-refractivity contribution in [3.63, 3.8) is 0 Å². The topological polar surface area (TPSA) is 41.1 Å². The van der Waals surface area contributed by atoms with Crippen molar-refractivity contribution in [2.75, 3.05) is 6.54 Å². The van der Waals surface area contributed by atoms with E-state index >= 15 is 0 Å². The van der Waals surface area contributed by atoms with Crippen LogP contribution in [0.15, 0.2) is 24.3 Å². The van der Waals surface area contributed by atoms with E-state index in [1.807, 2.05) is 24.3 Å². The van der Waals surface area contributed by atoms with Crippen LogP contribution in [-0.2, 0) is 11.2 Å². The summed E-state index contributed by atoms with van der Waals surface area (Å²) in [5, 5.41) is 6.90. The maximum absolute atomic E-state index is 11.8. The number of hydrogen-bond acceptors (Lipinski definition) is 2. The molecule has 0 bridgehead atoms. The number of amides is 1. The number of aryl methyl sites for hydroxylation is 1. The first-order valence-electron chi connectivity index (χ1n) is 7.94. The lowest BCUT2D eigenvalue weighted by molar-refractivity contribution is -0.119. The fourth-order valence-electron chi connectivity index (χ4n) is 2.11. The molecule has 0 fully saturated rings. The van der Waals surface area contributed by atoms with Crippen LogP contribution >= 0.6 is 23.8 Å². The Morgan fingerprint density at radius 3 is 2.64 bits per heavy atom. The molecular formula is C17H25ClN2OS. The minimum absolute atomic E-state index is 0.0802. The van der Waals surface area contributed by atoms with Crippen molar-refractivity contribution in [2.45, 2.75) is 51.9 Å². The van der Waals surface area contributed by atoms with Crippen LogP contribution in [0.2, 0.25) is 5.02 Å². The zero-order valence-electron chi connectivity index (χ0n) is 13.2. The number of unbranched alkanes of at least 4 members (excludes halogenated alkanes) is 4. The number of rotatable bonds is 9. The summed E-state index contributed by atoms with van der Waals surface area (Å²) < 4.78 is 0. The summed E-state index contributed by atoms with van der Waals surface area (Å²) in [5.74, 6) is -0.0802. The van der Waals surface area contributed by atoms with Crippen molar-refractivity contribution < 1.29 is 4.79 Å². The van der Waals surface area contributed by atoms with Gasteiger partial charge in [0.25, 0.3) is 0 Å². The Hall–Kier alpha value is -1.13. The van der Waals surface area contributed by atoms with Gasteiger partial charge >= 0.3 is 0 Å². The van der Waals surface area contributed by atoms with Gasteiger partial charge in [0.1, 0.15) is 0 Å². The second kappa shape index (κ2) is 11.4. The molecular weight excluding hydrogens is 316 g/mol. The van der Waals surface area contributed by atoms with Crippen LogP contribution in [0.3, 0.4) is 0 Å². The highest BCUT2D eigenvalue weighted by atomic mass is 35.5. The summed E-state index contributed by atoms with van der Waals surface area (Å²) in [6.45, 7) is 3.01. The normalized spacial score (nSPS) is 10.3. The van der Waals surface area contributed by atoms with Gasteiger partial charge in [-0.3, -0.25) is 4.79 Å². The van der Waals surface area contributed by atoms with E-state index in [4.69, 9.17) is 23.8 Å². The highest BCUT2D eigenvalue weighted by molar-refractivity contribution is 7.80. The van der Waals surface area contributed by atoms with Gasteiger partial charge in [0, 0.05) is 18.0 Å². The fourth-order valence-corrected chi connectivity index (χ4v) is 2.56. The summed E-state index contributed by atoms with van der Waals surface area (Å²) in [6.07, 6.45) is 7.05. The third-order valence-corrected chi connectivity index (χ3v) is 4.01. The third-order valence-electron chi connectivity index (χ3n) is 3.40. The molecule has 5 heteroatoms. The van der Waals surface area contributed by atoms with Gasteiger partial charge in [0.15, 0.2) is 5.11 Å². The summed E-state index contributed by atoms with van der Waals surface area (Å²) in [4.78, 5) is 11.8. The summed E-state index contributed by atoms with van der Waals surface area (Å²) in [7, 11) is 0. The predicted octanol–water partition coefficient (Wildman–Crippen LogP) is 4.23. The van der Waals surface area contributed by atoms with Crippen LogP contribution in [0.5, 0.6) is 0 Å². The van der Waals surface area contributed by atoms with Crippen molar-refractivity contribution >= 4 is 34.8 Å². The van der Waals surface area contributed by atoms with Gasteiger partial charge in [-0.05, 0) is 36.7 Å². The van der Waals surface area contributed by atoms with Crippen molar-refractivity contribution in [1.82, 2.24) is 10.6 Å². The van der Waals surface area contributed by atoms with Gasteiger partial charge in [-0.15, -0.1) is 0 Å². The average molecular weight is 341 g/mol. The number of benzene rings is 1. The smallest absolute Gasteiger partial charge is 0.226 e. The van der Waals surface area contributed by atoms with E-state index in [0.717, 1.165) is 18.5 Å². The standard InChI is InChI=1S/C17H25ClN2OS/c1-2-3-4-5-8-13-19-17(22)20-16(21)12-11-14-9-6-7-10-15(14)18/h6-7,9-10H,2-5,8,11-13H2,1H3,(H2,19,20,21,22). The van der Waals surface area contributed by atoms with Gasteiger partial charge in [-0.25, -0.2) is 0 Å². The predicted molar refractivity (Wildman–Crippen MR) is 97.3 cm³/mol. The maximum Gasteiger partial charge on any atom is 0.226 e. The highest BCUT2D eigenvalue weighted by Gasteiger charge is 2.06. The van der Waals surface area contributed by atoms with E-state index < -0.39 is 0 Å². The van der Waals surface area contributed by atoms with E-state index in [1.165, 1.54) is 25.7 Å². The molecule has 0 heterocycles. The minimum atomic E-state index is -0.0802. The molecule has 122 valence electrons. The van der Waals surface area contributed by atoms with E-state index in [9.17, 15) is 4.79 Å². The SMILES string of the molecule is CCCCCCCNC(=S)NC(=O)CCc1ccccc1Cl. The summed E-state index contributed by atoms with van der Waals surface area (Å²) in [6, 6.07) is 7.57. The molecule has 1 amide bonds. The molecule has 1 rings (SSSR count). The van der Waals surface area contributed by atoms with Crippen LogP contribution in [-0.4, -0.2) is 17.6 Å². The molecule has 0 aromatic heterocycles. The molecule has 2 N–H and O–H groups in total. The van der Waals surface area contributed by atoms with E-state index in [2.05, 4.69) is 17.6 Å². The molecule has 0 unspecified atom stereocenters. The molecule has 22 heavy (non-hydrogen) atoms. The third kappa shape index (κ3) is 8.35. The number of carbonyl (C=O) groups excluding carboxylic acids is 1. The van der Waals surface area contributed by atoms with Crippen molar-refractivity contribution in [3.05, 3.63) is 34.9 Å². The molecule has 1 aromatic carbocycles. The number of carbonyl (C=O) groups is 1. The van der Waals surface area contributed by atoms with Crippen LogP contribution in [0.4, 0.5) is 0 Å². The van der Waals surface area contributed by atoms with E-state index in [0.29, 0.717) is 23.0 Å². The molecule has 0 aliphatic carbocycles. The van der Waals surface area contributed by atoms with Crippen molar-refractivity contribution in [3.8, 4) is 0 Å². The van der Waals surface area contributed by atoms with Crippen LogP contribution in [0, 0.1) is 0 Å². The number of hydrogen-bond donors (Lipinski definition) is 2. The number of halogens is 1. The Kier molecular flexibility index (Phi) is 9.84. The Balaban J connectivity index is 2.14. The van der Waals surface area contributed by atoms with E-state index in [-0.39, 0.29) is 5.91 Å². The largest absolute Gasteiger partial charge is 0.362 e. The average Bonchev–Trinajstić information content (AvgIpc) is 2.50. The second-order valence-corrected chi connectivity index (χ2v) is 6.13. The highest BCUT2D eigenvalue weighted by Crippen LogP contribution is 2.16. The fraction of sp³-hybridized carbons (Fsp3) is 0.529. The molecule has 0 aliphatic rings. The quantitative estimate of drug-likeness (QED) is 0.522. The lowest BCUT2D eigenvalue weighted by atomic mass is 10.1. The first kappa shape index (κ1) is 18.9. The van der Waals surface area contributed by atoms with Gasteiger partial charge in [-0.1, -0.05) is 62.4 Å². The zero-order chi connectivity index (χ0) is 16.2. The lowest BCUT2D eigenvalue weighted by Crippen LogP contribution is -2.39. The summed E-state index contributed by atoms with van der Waals surface area (Å²) >= 11 is 11.2. The number of nitrogens with one attached hydrogen (secondary N) is 2. The molecule has 1 aromatic rings. The van der Waals surface area contributed by atoms with E-state index in [1.54, 1.807) is 0 Å². The Morgan fingerprint density at radius 1 is 1.18 bits per heavy atom. The van der Waals surface area contributed by atoms with Crippen LogP contribution in [0.25, 0.3) is 0 Å². The molecule has 0 aliphatic heterocycles. The first-order valence-corrected chi connectivity index (χ1v) is 8.73. The van der Waals surface area contributed by atoms with Gasteiger partial charge in [-0.2, -0.15) is 0 Å². The monoisotopic (exact) mass is 340 g/mol. The maximum atomic E-state index is 11.8. The van der Waals surface area contributed by atoms with Crippen LogP contribution in [0.1, 0.15) is 51.0 Å². The summed E-state index contributed by atoms with van der Waals surface area (Å²) in [5.41, 5.74) is 0.981.